The molecule has 0 heterocycles. The Labute approximate surface area is 130 Å². The Morgan fingerprint density at radius 2 is 1.47 bits per heavy atom. The molecule has 4 unspecified atom stereocenters. The molecule has 0 aromatic heterocycles. The van der Waals surface area contributed by atoms with Gasteiger partial charge in [0.2, 0.25) is 0 Å². The number of carbonyl (C=O) groups is 1. The summed E-state index contributed by atoms with van der Waals surface area (Å²) >= 11 is 0. The van der Waals surface area contributed by atoms with E-state index in [9.17, 15) is 4.79 Å². The first-order chi connectivity index (χ1) is 5.91. The molecule has 86 valence electrons. The van der Waals surface area contributed by atoms with Crippen LogP contribution in [-0.4, -0.2) is 67.6 Å². The summed E-state index contributed by atoms with van der Waals surface area (Å²) in [6, 6.07) is 0. The van der Waals surface area contributed by atoms with Gasteiger partial charge in [-0.1, -0.05) is 0 Å². The Hall–Kier alpha value is 0.906. The molecule has 15 heavy (non-hydrogen) atoms. The van der Waals surface area contributed by atoms with Crippen LogP contribution in [0.15, 0.2) is 0 Å². The second-order valence-corrected chi connectivity index (χ2v) is 2.51. The quantitative estimate of drug-likeness (QED) is 0.211. The second-order valence-electron chi connectivity index (χ2n) is 2.51. The fraction of sp³-hybridized carbons (Fsp3) is 0.714. The number of carboxylic acids is 1. The van der Waals surface area contributed by atoms with Crippen LogP contribution in [0.3, 0.4) is 0 Å². The van der Waals surface area contributed by atoms with E-state index in [0.717, 1.165) is 0 Å². The van der Waals surface area contributed by atoms with Gasteiger partial charge in [-0.2, -0.15) is 0 Å². The number of carboxylic acid groups (broad SMARTS) is 1. The van der Waals surface area contributed by atoms with E-state index in [4.69, 9.17) is 30.6 Å². The Morgan fingerprint density at radius 1 is 1.07 bits per heavy atom. The number of rotatable bonds is 5. The molecule has 0 spiro atoms. The molecule has 0 amide bonds. The number of aliphatic hydroxyl groups excluding tert-OH is 5. The van der Waals surface area contributed by atoms with Crippen LogP contribution in [0.5, 0.6) is 0 Å². The van der Waals surface area contributed by atoms with Crippen molar-refractivity contribution in [1.29, 1.82) is 0 Å². The van der Waals surface area contributed by atoms with Gasteiger partial charge in [0, 0.05) is 0 Å². The zero-order valence-corrected chi connectivity index (χ0v) is 11.7. The number of aliphatic hydroxyl groups is 5. The van der Waals surface area contributed by atoms with Crippen molar-refractivity contribution in [2.75, 3.05) is 6.61 Å². The van der Waals surface area contributed by atoms with E-state index in [-0.39, 0.29) is 58.8 Å². The van der Waals surface area contributed by atoms with Crippen LogP contribution in [0.4, 0.5) is 0 Å². The van der Waals surface area contributed by atoms with Crippen molar-refractivity contribution in [3.05, 3.63) is 7.43 Å². The van der Waals surface area contributed by atoms with Gasteiger partial charge in [-0.15, -0.1) is 0 Å². The summed E-state index contributed by atoms with van der Waals surface area (Å²) in [7, 11) is 0. The summed E-state index contributed by atoms with van der Waals surface area (Å²) in [5, 5.41) is 51.8. The molecule has 0 saturated carbocycles. The van der Waals surface area contributed by atoms with Gasteiger partial charge in [0.15, 0.2) is 6.10 Å². The molecule has 0 aromatic carbocycles. The van der Waals surface area contributed by atoms with E-state index in [1.807, 2.05) is 0 Å². The largest absolute Gasteiger partial charge is 1.00 e. The third kappa shape index (κ3) is 6.95. The molecule has 0 aliphatic carbocycles. The third-order valence-corrected chi connectivity index (χ3v) is 1.51. The summed E-state index contributed by atoms with van der Waals surface area (Å²) in [4.78, 5) is 10.1. The maximum absolute atomic E-state index is 10.1. The number of aliphatic carboxylic acids is 1. The van der Waals surface area contributed by atoms with Crippen molar-refractivity contribution in [2.45, 2.75) is 24.4 Å². The van der Waals surface area contributed by atoms with Gasteiger partial charge < -0.3 is 38.1 Å². The minimum Gasteiger partial charge on any atom is -0.479 e. The molecule has 6 N–H and O–H groups in total. The Morgan fingerprint density at radius 3 is 1.73 bits per heavy atom. The maximum atomic E-state index is 10.1. The first kappa shape index (κ1) is 21.2. The van der Waals surface area contributed by atoms with Gasteiger partial charge in [-0.05, 0) is 0 Å². The summed E-state index contributed by atoms with van der Waals surface area (Å²) in [6.07, 6.45) is -7.84. The van der Waals surface area contributed by atoms with Gasteiger partial charge in [0.25, 0.3) is 0 Å². The zero-order valence-electron chi connectivity index (χ0n) is 8.61. The molecule has 0 aliphatic rings. The fourth-order valence-corrected chi connectivity index (χ4v) is 0.668. The van der Waals surface area contributed by atoms with E-state index < -0.39 is 37.0 Å². The van der Waals surface area contributed by atoms with Crippen LogP contribution >= 0.6 is 0 Å². The van der Waals surface area contributed by atoms with Gasteiger partial charge >= 0.3 is 57.4 Å². The molecule has 0 bridgehead atoms. The normalized spacial score (nSPS) is 17.7. The molecule has 0 rings (SSSR count). The van der Waals surface area contributed by atoms with Crippen molar-refractivity contribution >= 4 is 5.97 Å². The first-order valence-electron chi connectivity index (χ1n) is 3.47. The minimum atomic E-state index is -2.20. The van der Waals surface area contributed by atoms with E-state index in [1.165, 1.54) is 0 Å². The van der Waals surface area contributed by atoms with Crippen molar-refractivity contribution in [3.63, 3.8) is 0 Å². The van der Waals surface area contributed by atoms with E-state index in [0.29, 0.717) is 0 Å². The Bertz CT molecular complexity index is 177. The molecule has 4 atom stereocenters. The standard InChI is InChI=1S/C6H12O7.CH3.K/c7-1-2(8)3(9)4(10)5(11)6(12)13;;/h2-5,7-11H,1H2,(H,12,13);1H3;/q;-1;+1. The van der Waals surface area contributed by atoms with Crippen LogP contribution in [-0.2, 0) is 4.79 Å². The zero-order chi connectivity index (χ0) is 10.6. The van der Waals surface area contributed by atoms with Crippen LogP contribution in [0.25, 0.3) is 0 Å². The van der Waals surface area contributed by atoms with Crippen LogP contribution in [0, 0.1) is 7.43 Å². The maximum Gasteiger partial charge on any atom is 1.00 e. The monoisotopic (exact) mass is 250 g/mol. The molecule has 0 aliphatic heterocycles. The van der Waals surface area contributed by atoms with Crippen molar-refractivity contribution in [1.82, 2.24) is 0 Å². The molecule has 0 fully saturated rings. The first-order valence-corrected chi connectivity index (χ1v) is 3.47. The number of hydrogen-bond acceptors (Lipinski definition) is 6. The summed E-state index contributed by atoms with van der Waals surface area (Å²) in [5.41, 5.74) is 0. The third-order valence-electron chi connectivity index (χ3n) is 1.51. The van der Waals surface area contributed by atoms with E-state index in [2.05, 4.69) is 0 Å². The average molecular weight is 250 g/mol. The van der Waals surface area contributed by atoms with Gasteiger partial charge in [-0.3, -0.25) is 0 Å². The van der Waals surface area contributed by atoms with Gasteiger partial charge in [0.1, 0.15) is 18.3 Å². The molecular formula is C7H15KO7. The smallest absolute Gasteiger partial charge is 0.479 e. The molecule has 0 aromatic rings. The summed E-state index contributed by atoms with van der Waals surface area (Å²) in [6.45, 7) is -0.843. The molecule has 0 saturated heterocycles. The molecular weight excluding hydrogens is 235 g/mol. The number of hydrogen-bond donors (Lipinski definition) is 6. The average Bonchev–Trinajstić information content (AvgIpc) is 2.12. The van der Waals surface area contributed by atoms with Crippen molar-refractivity contribution < 1.29 is 86.8 Å². The van der Waals surface area contributed by atoms with Gasteiger partial charge in [0.05, 0.1) is 6.61 Å². The van der Waals surface area contributed by atoms with E-state index >= 15 is 0 Å². The van der Waals surface area contributed by atoms with Crippen LogP contribution < -0.4 is 51.4 Å². The molecule has 7 nitrogen and oxygen atoms in total. The van der Waals surface area contributed by atoms with Crippen LogP contribution in [0.2, 0.25) is 0 Å². The predicted octanol–water partition coefficient (Wildman–Crippen LogP) is -6.04. The minimum absolute atomic E-state index is 0. The van der Waals surface area contributed by atoms with E-state index in [1.54, 1.807) is 0 Å². The van der Waals surface area contributed by atoms with Gasteiger partial charge in [-0.25, -0.2) is 4.79 Å². The topological polar surface area (TPSA) is 138 Å². The Kier molecular flexibility index (Phi) is 14.3. The van der Waals surface area contributed by atoms with Crippen molar-refractivity contribution in [3.8, 4) is 0 Å². The fourth-order valence-electron chi connectivity index (χ4n) is 0.668. The summed E-state index contributed by atoms with van der Waals surface area (Å²) in [5.74, 6) is -1.73. The van der Waals surface area contributed by atoms with Crippen molar-refractivity contribution in [2.24, 2.45) is 0 Å². The predicted molar refractivity (Wildman–Crippen MR) is 45.2 cm³/mol. The molecule has 8 heteroatoms. The van der Waals surface area contributed by atoms with Crippen LogP contribution in [0.1, 0.15) is 0 Å². The second kappa shape index (κ2) is 10.1. The molecule has 0 radical (unpaired) electrons. The summed E-state index contributed by atoms with van der Waals surface area (Å²) < 4.78 is 0. The SMILES string of the molecule is O=C(O)C(O)C(O)C(O)C(O)CO.[CH3-].[K+]. The Balaban J connectivity index is -0.000000720.